The predicted octanol–water partition coefficient (Wildman–Crippen LogP) is 3.89. The smallest absolute Gasteiger partial charge is 0.132 e. The standard InChI is InChI=1S/C14H7ClFN2/c15-10-3-4-11(13(16)6-10)12-8-17-7-9-2-1-5-18-14(9)12/h1-4,6-8H. The van der Waals surface area contributed by atoms with Crippen molar-refractivity contribution in [3.63, 3.8) is 0 Å². The Kier molecular flexibility index (Phi) is 2.68. The zero-order chi connectivity index (χ0) is 12.5. The average Bonchev–Trinajstić information content (AvgIpc) is 2.38. The van der Waals surface area contributed by atoms with Gasteiger partial charge in [-0.1, -0.05) is 11.6 Å². The van der Waals surface area contributed by atoms with Crippen LogP contribution in [0.4, 0.5) is 4.39 Å². The molecule has 0 fully saturated rings. The van der Waals surface area contributed by atoms with Gasteiger partial charge in [-0.15, -0.1) is 0 Å². The minimum absolute atomic E-state index is 0.365. The molecule has 3 aromatic rings. The van der Waals surface area contributed by atoms with Crippen LogP contribution in [0.25, 0.3) is 22.0 Å². The molecular formula is C14H7ClFN2. The molecule has 0 spiro atoms. The van der Waals surface area contributed by atoms with Gasteiger partial charge in [0, 0.05) is 33.9 Å². The fraction of sp³-hybridized carbons (Fsp3) is 0. The highest BCUT2D eigenvalue weighted by molar-refractivity contribution is 6.30. The summed E-state index contributed by atoms with van der Waals surface area (Å²) >= 11 is 5.75. The maximum Gasteiger partial charge on any atom is 0.132 e. The molecule has 0 saturated heterocycles. The third-order valence-electron chi connectivity index (χ3n) is 2.68. The number of pyridine rings is 2. The maximum atomic E-state index is 13.9. The van der Waals surface area contributed by atoms with Crippen LogP contribution in [0.1, 0.15) is 0 Å². The second-order valence-corrected chi connectivity index (χ2v) is 4.26. The summed E-state index contributed by atoms with van der Waals surface area (Å²) in [7, 11) is 0. The molecular weight excluding hydrogens is 251 g/mol. The van der Waals surface area contributed by atoms with Crippen LogP contribution in [0, 0.1) is 12.0 Å². The molecule has 87 valence electrons. The summed E-state index contributed by atoms with van der Waals surface area (Å²) in [6.07, 6.45) is 6.03. The Morgan fingerprint density at radius 3 is 2.83 bits per heavy atom. The molecule has 18 heavy (non-hydrogen) atoms. The first kappa shape index (κ1) is 11.1. The second kappa shape index (κ2) is 4.35. The van der Waals surface area contributed by atoms with Crippen LogP contribution in [0.15, 0.2) is 42.7 Å². The van der Waals surface area contributed by atoms with Crippen molar-refractivity contribution in [1.82, 2.24) is 9.97 Å². The fourth-order valence-corrected chi connectivity index (χ4v) is 2.01. The van der Waals surface area contributed by atoms with E-state index in [0.717, 1.165) is 5.39 Å². The largest absolute Gasteiger partial charge is 0.263 e. The summed E-state index contributed by atoms with van der Waals surface area (Å²) in [5.74, 6) is -0.387. The van der Waals surface area contributed by atoms with Crippen molar-refractivity contribution in [3.8, 4) is 11.1 Å². The molecule has 3 rings (SSSR count). The van der Waals surface area contributed by atoms with E-state index in [1.807, 2.05) is 6.07 Å². The maximum absolute atomic E-state index is 13.9. The number of nitrogens with zero attached hydrogens (tertiary/aromatic N) is 2. The Hall–Kier alpha value is -2.00. The van der Waals surface area contributed by atoms with Gasteiger partial charge in [0.2, 0.25) is 0 Å². The lowest BCUT2D eigenvalue weighted by molar-refractivity contribution is 0.631. The molecule has 0 bridgehead atoms. The summed E-state index contributed by atoms with van der Waals surface area (Å²) in [6.45, 7) is 0. The van der Waals surface area contributed by atoms with Crippen LogP contribution < -0.4 is 0 Å². The average molecular weight is 258 g/mol. The minimum atomic E-state index is -0.387. The first-order valence-corrected chi connectivity index (χ1v) is 5.70. The van der Waals surface area contributed by atoms with Crippen molar-refractivity contribution in [2.45, 2.75) is 0 Å². The van der Waals surface area contributed by atoms with Crippen molar-refractivity contribution < 1.29 is 4.39 Å². The highest BCUT2D eigenvalue weighted by Gasteiger charge is 2.10. The van der Waals surface area contributed by atoms with Gasteiger partial charge >= 0.3 is 0 Å². The van der Waals surface area contributed by atoms with Crippen LogP contribution in [0.5, 0.6) is 0 Å². The van der Waals surface area contributed by atoms with Crippen LogP contribution in [-0.2, 0) is 0 Å². The lowest BCUT2D eigenvalue weighted by Gasteiger charge is -2.06. The molecule has 0 amide bonds. The molecule has 2 heterocycles. The fourth-order valence-electron chi connectivity index (χ4n) is 1.85. The van der Waals surface area contributed by atoms with Crippen LogP contribution in [-0.4, -0.2) is 9.97 Å². The molecule has 0 aliphatic carbocycles. The van der Waals surface area contributed by atoms with Crippen LogP contribution >= 0.6 is 11.6 Å². The van der Waals surface area contributed by atoms with E-state index < -0.39 is 0 Å². The first-order chi connectivity index (χ1) is 8.75. The zero-order valence-corrected chi connectivity index (χ0v) is 9.95. The molecule has 2 nitrogen and oxygen atoms in total. The number of hydrogen-bond acceptors (Lipinski definition) is 2. The summed E-state index contributed by atoms with van der Waals surface area (Å²) in [5.41, 5.74) is 1.75. The van der Waals surface area contributed by atoms with Gasteiger partial charge in [0.05, 0.1) is 11.7 Å². The van der Waals surface area contributed by atoms with E-state index in [1.54, 1.807) is 30.6 Å². The van der Waals surface area contributed by atoms with Gasteiger partial charge in [0.25, 0.3) is 0 Å². The zero-order valence-electron chi connectivity index (χ0n) is 9.19. The molecule has 2 aromatic heterocycles. The molecule has 0 atom stereocenters. The number of benzene rings is 1. The number of aromatic nitrogens is 2. The topological polar surface area (TPSA) is 25.8 Å². The Labute approximate surface area is 108 Å². The molecule has 0 aliphatic rings. The second-order valence-electron chi connectivity index (χ2n) is 3.82. The number of fused-ring (bicyclic) bond motifs is 1. The Morgan fingerprint density at radius 2 is 2.00 bits per heavy atom. The van der Waals surface area contributed by atoms with Gasteiger partial charge in [0.15, 0.2) is 0 Å². The van der Waals surface area contributed by atoms with Gasteiger partial charge in [-0.2, -0.15) is 0 Å². The predicted molar refractivity (Wildman–Crippen MR) is 68.8 cm³/mol. The van der Waals surface area contributed by atoms with E-state index in [0.29, 0.717) is 21.7 Å². The Bertz CT molecular complexity index is 723. The third kappa shape index (κ3) is 1.83. The monoisotopic (exact) mass is 257 g/mol. The van der Waals surface area contributed by atoms with Gasteiger partial charge < -0.3 is 0 Å². The molecule has 1 radical (unpaired) electrons. The van der Waals surface area contributed by atoms with Crippen molar-refractivity contribution in [2.24, 2.45) is 0 Å². The normalized spacial score (nSPS) is 10.8. The van der Waals surface area contributed by atoms with Gasteiger partial charge in [-0.25, -0.2) is 9.37 Å². The van der Waals surface area contributed by atoms with E-state index >= 15 is 0 Å². The van der Waals surface area contributed by atoms with Crippen molar-refractivity contribution in [2.75, 3.05) is 0 Å². The summed E-state index contributed by atoms with van der Waals surface area (Å²) in [6, 6.07) is 8.09. The highest BCUT2D eigenvalue weighted by Crippen LogP contribution is 2.29. The summed E-state index contributed by atoms with van der Waals surface area (Å²) in [4.78, 5) is 8.26. The van der Waals surface area contributed by atoms with E-state index in [9.17, 15) is 4.39 Å². The summed E-state index contributed by atoms with van der Waals surface area (Å²) in [5, 5.41) is 1.21. The SMILES string of the molecule is Fc1cc(Cl)ccc1-c1cncc2cc[c]nc12. The molecule has 0 aliphatic heterocycles. The van der Waals surface area contributed by atoms with Crippen LogP contribution in [0.3, 0.4) is 0 Å². The summed E-state index contributed by atoms with van der Waals surface area (Å²) < 4.78 is 13.9. The number of halogens is 2. The molecule has 0 saturated carbocycles. The van der Waals surface area contributed by atoms with Crippen molar-refractivity contribution >= 4 is 22.5 Å². The van der Waals surface area contributed by atoms with Gasteiger partial charge in [-0.05, 0) is 30.3 Å². The minimum Gasteiger partial charge on any atom is -0.263 e. The number of hydrogen-bond donors (Lipinski definition) is 0. The highest BCUT2D eigenvalue weighted by atomic mass is 35.5. The Balaban J connectivity index is 2.31. The third-order valence-corrected chi connectivity index (χ3v) is 2.92. The van der Waals surface area contributed by atoms with Gasteiger partial charge in [-0.3, -0.25) is 4.98 Å². The first-order valence-electron chi connectivity index (χ1n) is 5.32. The van der Waals surface area contributed by atoms with Crippen molar-refractivity contribution in [1.29, 1.82) is 0 Å². The van der Waals surface area contributed by atoms with E-state index in [1.165, 1.54) is 6.07 Å². The quantitative estimate of drug-likeness (QED) is 0.661. The van der Waals surface area contributed by atoms with E-state index in [4.69, 9.17) is 11.6 Å². The molecule has 4 heteroatoms. The van der Waals surface area contributed by atoms with E-state index in [2.05, 4.69) is 16.2 Å². The van der Waals surface area contributed by atoms with Crippen LogP contribution in [0.2, 0.25) is 5.02 Å². The Morgan fingerprint density at radius 1 is 1.11 bits per heavy atom. The molecule has 1 aromatic carbocycles. The lowest BCUT2D eigenvalue weighted by Crippen LogP contribution is -1.89. The molecule has 0 unspecified atom stereocenters. The van der Waals surface area contributed by atoms with Gasteiger partial charge in [0.1, 0.15) is 5.82 Å². The van der Waals surface area contributed by atoms with E-state index in [-0.39, 0.29) is 5.82 Å². The van der Waals surface area contributed by atoms with Crippen molar-refractivity contribution in [3.05, 3.63) is 59.8 Å². The molecule has 0 N–H and O–H groups in total. The lowest BCUT2D eigenvalue weighted by atomic mass is 10.0. The number of rotatable bonds is 1.